The normalized spacial score (nSPS) is 10.3. The minimum Gasteiger partial charge on any atom is -0.397 e. The van der Waals surface area contributed by atoms with Crippen LogP contribution in [0, 0.1) is 0 Å². The SMILES string of the molecule is CN(C(=O)CSc1ccccc1)c1ccc(Br)cc1N. The second-order valence-electron chi connectivity index (χ2n) is 4.26. The van der Waals surface area contributed by atoms with Gasteiger partial charge in [0.1, 0.15) is 0 Å². The van der Waals surface area contributed by atoms with Gasteiger partial charge >= 0.3 is 0 Å². The van der Waals surface area contributed by atoms with Gasteiger partial charge in [0.25, 0.3) is 0 Å². The molecule has 2 N–H and O–H groups in total. The maximum absolute atomic E-state index is 12.2. The second kappa shape index (κ2) is 6.81. The van der Waals surface area contributed by atoms with Crippen LogP contribution in [0.25, 0.3) is 0 Å². The molecule has 0 saturated heterocycles. The number of rotatable bonds is 4. The lowest BCUT2D eigenvalue weighted by Crippen LogP contribution is -2.28. The van der Waals surface area contributed by atoms with Crippen molar-refractivity contribution < 1.29 is 4.79 Å². The number of thioether (sulfide) groups is 1. The van der Waals surface area contributed by atoms with Crippen LogP contribution in [0.2, 0.25) is 0 Å². The lowest BCUT2D eigenvalue weighted by atomic mass is 10.2. The molecule has 3 nitrogen and oxygen atoms in total. The van der Waals surface area contributed by atoms with Gasteiger partial charge in [-0.2, -0.15) is 0 Å². The summed E-state index contributed by atoms with van der Waals surface area (Å²) < 4.78 is 0.901. The van der Waals surface area contributed by atoms with Crippen molar-refractivity contribution in [1.82, 2.24) is 0 Å². The highest BCUT2D eigenvalue weighted by Crippen LogP contribution is 2.27. The van der Waals surface area contributed by atoms with Gasteiger partial charge in [-0.05, 0) is 30.3 Å². The van der Waals surface area contributed by atoms with Crippen molar-refractivity contribution in [2.45, 2.75) is 4.90 Å². The summed E-state index contributed by atoms with van der Waals surface area (Å²) in [7, 11) is 1.74. The van der Waals surface area contributed by atoms with Gasteiger partial charge < -0.3 is 10.6 Å². The van der Waals surface area contributed by atoms with Crippen molar-refractivity contribution in [3.05, 3.63) is 53.0 Å². The Morgan fingerprint density at radius 2 is 1.95 bits per heavy atom. The lowest BCUT2D eigenvalue weighted by Gasteiger charge is -2.19. The standard InChI is InChI=1S/C15H15BrN2OS/c1-18(14-8-7-11(16)9-13(14)17)15(19)10-20-12-5-3-2-4-6-12/h2-9H,10,17H2,1H3. The van der Waals surface area contributed by atoms with Crippen LogP contribution in [0.1, 0.15) is 0 Å². The summed E-state index contributed by atoms with van der Waals surface area (Å²) in [5.74, 6) is 0.406. The van der Waals surface area contributed by atoms with Crippen molar-refractivity contribution >= 4 is 45.0 Å². The van der Waals surface area contributed by atoms with E-state index >= 15 is 0 Å². The lowest BCUT2D eigenvalue weighted by molar-refractivity contribution is -0.115. The molecule has 0 atom stereocenters. The molecular weight excluding hydrogens is 336 g/mol. The molecule has 0 aliphatic carbocycles. The third-order valence-corrected chi connectivity index (χ3v) is 4.32. The number of hydrogen-bond acceptors (Lipinski definition) is 3. The summed E-state index contributed by atoms with van der Waals surface area (Å²) in [4.78, 5) is 14.9. The zero-order valence-corrected chi connectivity index (χ0v) is 13.4. The number of benzene rings is 2. The zero-order chi connectivity index (χ0) is 14.5. The Balaban J connectivity index is 2.01. The summed E-state index contributed by atoms with van der Waals surface area (Å²) in [6.45, 7) is 0. The number of anilines is 2. The van der Waals surface area contributed by atoms with Gasteiger partial charge in [-0.1, -0.05) is 34.1 Å². The topological polar surface area (TPSA) is 46.3 Å². The number of nitrogen functional groups attached to an aromatic ring is 1. The molecule has 0 aromatic heterocycles. The molecule has 0 saturated carbocycles. The predicted molar refractivity (Wildman–Crippen MR) is 89.1 cm³/mol. The molecule has 0 heterocycles. The van der Waals surface area contributed by atoms with Crippen LogP contribution in [-0.2, 0) is 4.79 Å². The number of carbonyl (C=O) groups is 1. The van der Waals surface area contributed by atoms with Crippen LogP contribution >= 0.6 is 27.7 Å². The summed E-state index contributed by atoms with van der Waals surface area (Å²) in [5, 5.41) is 0. The van der Waals surface area contributed by atoms with Gasteiger partial charge in [0.15, 0.2) is 0 Å². The van der Waals surface area contributed by atoms with Crippen molar-refractivity contribution in [2.24, 2.45) is 0 Å². The molecule has 1 amide bonds. The smallest absolute Gasteiger partial charge is 0.237 e. The molecule has 104 valence electrons. The molecular formula is C15H15BrN2OS. The molecule has 2 aromatic carbocycles. The number of nitrogens with zero attached hydrogens (tertiary/aromatic N) is 1. The summed E-state index contributed by atoms with van der Waals surface area (Å²) >= 11 is 4.88. The van der Waals surface area contributed by atoms with E-state index in [0.717, 1.165) is 15.1 Å². The van der Waals surface area contributed by atoms with Crippen molar-refractivity contribution in [3.8, 4) is 0 Å². The zero-order valence-electron chi connectivity index (χ0n) is 11.0. The summed E-state index contributed by atoms with van der Waals surface area (Å²) in [6.07, 6.45) is 0. The minimum atomic E-state index is 0.0212. The van der Waals surface area contributed by atoms with Crippen LogP contribution in [0.4, 0.5) is 11.4 Å². The summed E-state index contributed by atoms with van der Waals surface area (Å²) in [5.41, 5.74) is 7.25. The molecule has 20 heavy (non-hydrogen) atoms. The monoisotopic (exact) mass is 350 g/mol. The number of carbonyl (C=O) groups excluding carboxylic acids is 1. The largest absolute Gasteiger partial charge is 0.397 e. The molecule has 0 spiro atoms. The highest BCUT2D eigenvalue weighted by molar-refractivity contribution is 9.10. The average molecular weight is 351 g/mol. The van der Waals surface area contributed by atoms with Crippen molar-refractivity contribution in [1.29, 1.82) is 0 Å². The van der Waals surface area contributed by atoms with Crippen LogP contribution in [-0.4, -0.2) is 18.7 Å². The molecule has 2 aromatic rings. The van der Waals surface area contributed by atoms with E-state index in [-0.39, 0.29) is 5.91 Å². The molecule has 0 unspecified atom stereocenters. The molecule has 0 aliphatic heterocycles. The third-order valence-electron chi connectivity index (χ3n) is 2.83. The van der Waals surface area contributed by atoms with E-state index in [1.807, 2.05) is 42.5 Å². The van der Waals surface area contributed by atoms with E-state index in [4.69, 9.17) is 5.73 Å². The molecule has 2 rings (SSSR count). The van der Waals surface area contributed by atoms with Gasteiger partial charge in [0.2, 0.25) is 5.91 Å². The molecule has 0 radical (unpaired) electrons. The van der Waals surface area contributed by atoms with Crippen LogP contribution < -0.4 is 10.6 Å². The van der Waals surface area contributed by atoms with Crippen LogP contribution in [0.3, 0.4) is 0 Å². The molecule has 0 bridgehead atoms. The highest BCUT2D eigenvalue weighted by atomic mass is 79.9. The Labute approximate surface area is 131 Å². The van der Waals surface area contributed by atoms with E-state index in [9.17, 15) is 4.79 Å². The second-order valence-corrected chi connectivity index (χ2v) is 6.22. The third kappa shape index (κ3) is 3.77. The van der Waals surface area contributed by atoms with Gasteiger partial charge in [0, 0.05) is 16.4 Å². The van der Waals surface area contributed by atoms with E-state index < -0.39 is 0 Å². The molecule has 0 aliphatic rings. The first kappa shape index (κ1) is 14.9. The maximum Gasteiger partial charge on any atom is 0.237 e. The average Bonchev–Trinajstić information content (AvgIpc) is 2.45. The van der Waals surface area contributed by atoms with Gasteiger partial charge in [-0.15, -0.1) is 11.8 Å². The summed E-state index contributed by atoms with van der Waals surface area (Å²) in [6, 6.07) is 15.4. The van der Waals surface area contributed by atoms with E-state index in [1.54, 1.807) is 18.0 Å². The Kier molecular flexibility index (Phi) is 5.09. The maximum atomic E-state index is 12.2. The van der Waals surface area contributed by atoms with E-state index in [0.29, 0.717) is 11.4 Å². The van der Waals surface area contributed by atoms with Crippen molar-refractivity contribution in [2.75, 3.05) is 23.4 Å². The fraction of sp³-hybridized carbons (Fsp3) is 0.133. The quantitative estimate of drug-likeness (QED) is 0.674. The van der Waals surface area contributed by atoms with Gasteiger partial charge in [-0.3, -0.25) is 4.79 Å². The molecule has 5 heteroatoms. The van der Waals surface area contributed by atoms with Gasteiger partial charge in [-0.25, -0.2) is 0 Å². The van der Waals surface area contributed by atoms with Crippen LogP contribution in [0.5, 0.6) is 0 Å². The predicted octanol–water partition coefficient (Wildman–Crippen LogP) is 3.79. The molecule has 0 fully saturated rings. The Hall–Kier alpha value is -1.46. The first-order valence-electron chi connectivity index (χ1n) is 6.07. The van der Waals surface area contributed by atoms with Crippen LogP contribution in [0.15, 0.2) is 57.9 Å². The fourth-order valence-electron chi connectivity index (χ4n) is 1.72. The Morgan fingerprint density at radius 1 is 1.25 bits per heavy atom. The van der Waals surface area contributed by atoms with E-state index in [2.05, 4.69) is 15.9 Å². The minimum absolute atomic E-state index is 0.0212. The first-order valence-corrected chi connectivity index (χ1v) is 7.85. The number of amides is 1. The highest BCUT2D eigenvalue weighted by Gasteiger charge is 2.13. The van der Waals surface area contributed by atoms with Gasteiger partial charge in [0.05, 0.1) is 17.1 Å². The van der Waals surface area contributed by atoms with Crippen molar-refractivity contribution in [3.63, 3.8) is 0 Å². The number of hydrogen-bond donors (Lipinski definition) is 1. The Bertz CT molecular complexity index is 604. The Morgan fingerprint density at radius 3 is 2.60 bits per heavy atom. The number of halogens is 1. The first-order chi connectivity index (χ1) is 9.58. The number of nitrogens with two attached hydrogens (primary N) is 1. The van der Waals surface area contributed by atoms with E-state index in [1.165, 1.54) is 11.8 Å². The fourth-order valence-corrected chi connectivity index (χ4v) is 2.94.